The maximum atomic E-state index is 6.15. The zero-order valence-corrected chi connectivity index (χ0v) is 7.56. The summed E-state index contributed by atoms with van der Waals surface area (Å²) in [6, 6.07) is 0. The lowest BCUT2D eigenvalue weighted by molar-refractivity contribution is -0.0117. The molecular formula is C8H13N3O2. The molecule has 0 saturated carbocycles. The first-order valence-corrected chi connectivity index (χ1v) is 4.38. The van der Waals surface area contributed by atoms with E-state index in [1.165, 1.54) is 6.39 Å². The highest BCUT2D eigenvalue weighted by Gasteiger charge is 2.36. The first-order valence-electron chi connectivity index (χ1n) is 4.38. The summed E-state index contributed by atoms with van der Waals surface area (Å²) in [6.07, 6.45) is 2.96. The summed E-state index contributed by atoms with van der Waals surface area (Å²) < 4.78 is 10.1. The van der Waals surface area contributed by atoms with Crippen LogP contribution in [0.25, 0.3) is 0 Å². The van der Waals surface area contributed by atoms with Gasteiger partial charge in [-0.25, -0.2) is 0 Å². The first kappa shape index (κ1) is 8.65. The molecule has 1 aliphatic rings. The minimum atomic E-state index is -0.468. The molecule has 0 aromatic carbocycles. The van der Waals surface area contributed by atoms with Crippen LogP contribution in [0.3, 0.4) is 0 Å². The van der Waals surface area contributed by atoms with Crippen LogP contribution in [0.5, 0.6) is 0 Å². The number of hydrogen-bond donors (Lipinski definition) is 1. The zero-order chi connectivity index (χ0) is 9.31. The van der Waals surface area contributed by atoms with Crippen molar-refractivity contribution < 1.29 is 9.26 Å². The summed E-state index contributed by atoms with van der Waals surface area (Å²) in [6.45, 7) is 2.66. The lowest BCUT2D eigenvalue weighted by atomic mass is 9.87. The summed E-state index contributed by atoms with van der Waals surface area (Å²) in [5, 5.41) is 3.78. The van der Waals surface area contributed by atoms with Gasteiger partial charge in [0.1, 0.15) is 0 Å². The molecule has 0 spiro atoms. The number of rotatable bonds is 1. The van der Waals surface area contributed by atoms with Gasteiger partial charge in [0.25, 0.3) is 0 Å². The van der Waals surface area contributed by atoms with Crippen molar-refractivity contribution in [1.82, 2.24) is 10.1 Å². The fraction of sp³-hybridized carbons (Fsp3) is 0.750. The van der Waals surface area contributed by atoms with Crippen LogP contribution in [0.2, 0.25) is 0 Å². The maximum absolute atomic E-state index is 6.15. The molecule has 0 bridgehead atoms. The Morgan fingerprint density at radius 1 is 1.69 bits per heavy atom. The number of aromatic nitrogens is 2. The minimum Gasteiger partial charge on any atom is -0.378 e. The van der Waals surface area contributed by atoms with Crippen LogP contribution in [-0.4, -0.2) is 22.9 Å². The Morgan fingerprint density at radius 2 is 2.54 bits per heavy atom. The van der Waals surface area contributed by atoms with Crippen LogP contribution in [-0.2, 0) is 10.3 Å². The minimum absolute atomic E-state index is 0.164. The Bertz CT molecular complexity index is 275. The van der Waals surface area contributed by atoms with Crippen LogP contribution in [0.1, 0.15) is 25.6 Å². The smallest absolute Gasteiger partial charge is 0.213 e. The highest BCUT2D eigenvalue weighted by atomic mass is 16.5. The van der Waals surface area contributed by atoms with E-state index in [4.69, 9.17) is 10.5 Å². The SMILES string of the molecule is CC1CC(N)(c2ncon2)CCO1. The van der Waals surface area contributed by atoms with Gasteiger partial charge in [-0.1, -0.05) is 5.16 Å². The molecule has 2 atom stereocenters. The fourth-order valence-corrected chi connectivity index (χ4v) is 1.71. The molecule has 1 aromatic rings. The summed E-state index contributed by atoms with van der Waals surface area (Å²) in [5.41, 5.74) is 5.68. The van der Waals surface area contributed by atoms with Crippen molar-refractivity contribution in [2.45, 2.75) is 31.4 Å². The Labute approximate surface area is 76.3 Å². The lowest BCUT2D eigenvalue weighted by Crippen LogP contribution is -2.45. The Hall–Kier alpha value is -0.940. The van der Waals surface area contributed by atoms with Gasteiger partial charge in [-0.15, -0.1) is 0 Å². The highest BCUT2D eigenvalue weighted by Crippen LogP contribution is 2.29. The summed E-state index contributed by atoms with van der Waals surface area (Å²) in [4.78, 5) is 3.99. The predicted octanol–water partition coefficient (Wildman–Crippen LogP) is 0.422. The van der Waals surface area contributed by atoms with Crippen LogP contribution in [0, 0.1) is 0 Å². The molecule has 2 heterocycles. The molecular weight excluding hydrogens is 170 g/mol. The molecule has 1 fully saturated rings. The first-order chi connectivity index (χ1) is 6.21. The Morgan fingerprint density at radius 3 is 3.15 bits per heavy atom. The van der Waals surface area contributed by atoms with Gasteiger partial charge in [-0.05, 0) is 19.8 Å². The van der Waals surface area contributed by atoms with Gasteiger partial charge in [-0.2, -0.15) is 4.98 Å². The molecule has 5 nitrogen and oxygen atoms in total. The largest absolute Gasteiger partial charge is 0.378 e. The van der Waals surface area contributed by atoms with E-state index in [1.54, 1.807) is 0 Å². The lowest BCUT2D eigenvalue weighted by Gasteiger charge is -2.33. The standard InChI is InChI=1S/C8H13N3O2/c1-6-4-8(9,2-3-12-6)7-10-5-13-11-7/h5-6H,2-4,9H2,1H3. The molecule has 13 heavy (non-hydrogen) atoms. The molecule has 0 aliphatic carbocycles. The van der Waals surface area contributed by atoms with E-state index in [2.05, 4.69) is 14.7 Å². The molecule has 0 radical (unpaired) electrons. The van der Waals surface area contributed by atoms with E-state index in [1.807, 2.05) is 6.92 Å². The average molecular weight is 183 g/mol. The van der Waals surface area contributed by atoms with Crippen LogP contribution in [0.15, 0.2) is 10.9 Å². The molecule has 1 saturated heterocycles. The van der Waals surface area contributed by atoms with Gasteiger partial charge in [0.2, 0.25) is 6.39 Å². The third kappa shape index (κ3) is 1.57. The molecule has 2 N–H and O–H groups in total. The molecule has 5 heteroatoms. The van der Waals surface area contributed by atoms with E-state index in [-0.39, 0.29) is 6.10 Å². The molecule has 2 rings (SSSR count). The monoisotopic (exact) mass is 183 g/mol. The second-order valence-electron chi connectivity index (χ2n) is 3.55. The van der Waals surface area contributed by atoms with E-state index in [0.29, 0.717) is 12.4 Å². The number of hydrogen-bond acceptors (Lipinski definition) is 5. The number of nitrogens with two attached hydrogens (primary N) is 1. The van der Waals surface area contributed by atoms with Crippen molar-refractivity contribution in [1.29, 1.82) is 0 Å². The average Bonchev–Trinajstić information content (AvgIpc) is 2.55. The second kappa shape index (κ2) is 3.08. The van der Waals surface area contributed by atoms with Crippen molar-refractivity contribution in [2.24, 2.45) is 5.73 Å². The Kier molecular flexibility index (Phi) is 2.05. The topological polar surface area (TPSA) is 74.2 Å². The van der Waals surface area contributed by atoms with Crippen molar-refractivity contribution in [3.05, 3.63) is 12.2 Å². The van der Waals surface area contributed by atoms with Gasteiger partial charge < -0.3 is 15.0 Å². The number of ether oxygens (including phenoxy) is 1. The van der Waals surface area contributed by atoms with E-state index in [0.717, 1.165) is 12.8 Å². The summed E-state index contributed by atoms with van der Waals surface area (Å²) >= 11 is 0. The van der Waals surface area contributed by atoms with Crippen molar-refractivity contribution >= 4 is 0 Å². The van der Waals surface area contributed by atoms with Crippen molar-refractivity contribution in [3.63, 3.8) is 0 Å². The van der Waals surface area contributed by atoms with Gasteiger partial charge in [0.05, 0.1) is 11.6 Å². The summed E-state index contributed by atoms with van der Waals surface area (Å²) in [7, 11) is 0. The van der Waals surface area contributed by atoms with Crippen LogP contribution < -0.4 is 5.73 Å². The van der Waals surface area contributed by atoms with Gasteiger partial charge in [0, 0.05) is 6.61 Å². The van der Waals surface area contributed by atoms with Gasteiger partial charge >= 0.3 is 0 Å². The quantitative estimate of drug-likeness (QED) is 0.683. The molecule has 0 amide bonds. The fourth-order valence-electron chi connectivity index (χ4n) is 1.71. The van der Waals surface area contributed by atoms with Crippen molar-refractivity contribution in [3.8, 4) is 0 Å². The van der Waals surface area contributed by atoms with Crippen LogP contribution in [0.4, 0.5) is 0 Å². The highest BCUT2D eigenvalue weighted by molar-refractivity contribution is 5.04. The van der Waals surface area contributed by atoms with Gasteiger partial charge in [0.15, 0.2) is 5.82 Å². The van der Waals surface area contributed by atoms with Crippen LogP contribution >= 0.6 is 0 Å². The second-order valence-corrected chi connectivity index (χ2v) is 3.55. The maximum Gasteiger partial charge on any atom is 0.213 e. The van der Waals surface area contributed by atoms with E-state index < -0.39 is 5.54 Å². The zero-order valence-electron chi connectivity index (χ0n) is 7.56. The summed E-state index contributed by atoms with van der Waals surface area (Å²) in [5.74, 6) is 0.586. The predicted molar refractivity (Wildman–Crippen MR) is 44.8 cm³/mol. The molecule has 1 aliphatic heterocycles. The third-order valence-electron chi connectivity index (χ3n) is 2.41. The number of nitrogens with zero attached hydrogens (tertiary/aromatic N) is 2. The molecule has 1 aromatic heterocycles. The van der Waals surface area contributed by atoms with Gasteiger partial charge in [-0.3, -0.25) is 0 Å². The Balaban J connectivity index is 2.20. The van der Waals surface area contributed by atoms with Crippen molar-refractivity contribution in [2.75, 3.05) is 6.61 Å². The third-order valence-corrected chi connectivity index (χ3v) is 2.41. The normalized spacial score (nSPS) is 34.8. The van der Waals surface area contributed by atoms with E-state index >= 15 is 0 Å². The molecule has 72 valence electrons. The van der Waals surface area contributed by atoms with E-state index in [9.17, 15) is 0 Å². The molecule has 2 unspecified atom stereocenters.